The third-order valence-corrected chi connectivity index (χ3v) is 3.83. The van der Waals surface area contributed by atoms with Crippen LogP contribution in [-0.2, 0) is 11.3 Å². The number of hydrogen-bond donors (Lipinski definition) is 0. The highest BCUT2D eigenvalue weighted by atomic mass is 79.9. The molecular weight excluding hydrogens is 334 g/mol. The van der Waals surface area contributed by atoms with Crippen LogP contribution < -0.4 is 17.0 Å². The Morgan fingerprint density at radius 3 is 2.50 bits per heavy atom. The highest BCUT2D eigenvalue weighted by Crippen LogP contribution is 2.21. The van der Waals surface area contributed by atoms with Gasteiger partial charge in [-0.1, -0.05) is 34.1 Å². The quantitative estimate of drug-likeness (QED) is 0.649. The molecule has 2 rings (SSSR count). The van der Waals surface area contributed by atoms with Gasteiger partial charge in [0.15, 0.2) is 0 Å². The minimum Gasteiger partial charge on any atom is -1.00 e. The molecule has 1 heterocycles. The Morgan fingerprint density at radius 2 is 1.88 bits per heavy atom. The summed E-state index contributed by atoms with van der Waals surface area (Å²) in [6.45, 7) is 5.09. The van der Waals surface area contributed by atoms with Crippen LogP contribution in [0.1, 0.15) is 5.56 Å². The van der Waals surface area contributed by atoms with Gasteiger partial charge in [0, 0.05) is 10.0 Å². The number of likely N-dealkylation sites (N-methyl/N-ethyl adjacent to an activating group) is 1. The van der Waals surface area contributed by atoms with Crippen molar-refractivity contribution in [3.8, 4) is 0 Å². The maximum absolute atomic E-state index is 5.41. The van der Waals surface area contributed by atoms with Gasteiger partial charge in [0.2, 0.25) is 0 Å². The second-order valence-electron chi connectivity index (χ2n) is 4.43. The molecule has 0 atom stereocenters. The van der Waals surface area contributed by atoms with Crippen LogP contribution in [0.25, 0.3) is 0 Å². The lowest BCUT2D eigenvalue weighted by Crippen LogP contribution is -3.00. The average molecular weight is 351 g/mol. The summed E-state index contributed by atoms with van der Waals surface area (Å²) >= 11 is 3.61. The summed E-state index contributed by atoms with van der Waals surface area (Å²) in [6, 6.07) is 8.48. The SMILES string of the molecule is C[N+]1(Cc2ccccc2Br)CCOCC1.[Br-]. The van der Waals surface area contributed by atoms with Crippen molar-refractivity contribution in [3.63, 3.8) is 0 Å². The van der Waals surface area contributed by atoms with Crippen LogP contribution >= 0.6 is 15.9 Å². The summed E-state index contributed by atoms with van der Waals surface area (Å²) in [5.74, 6) is 0. The third kappa shape index (κ3) is 3.55. The highest BCUT2D eigenvalue weighted by Gasteiger charge is 2.25. The van der Waals surface area contributed by atoms with Gasteiger partial charge in [0.05, 0.1) is 20.3 Å². The van der Waals surface area contributed by atoms with Crippen molar-refractivity contribution < 1.29 is 26.2 Å². The van der Waals surface area contributed by atoms with E-state index in [9.17, 15) is 0 Å². The van der Waals surface area contributed by atoms with Crippen LogP contribution in [0.2, 0.25) is 0 Å². The van der Waals surface area contributed by atoms with Crippen LogP contribution in [-0.4, -0.2) is 37.8 Å². The van der Waals surface area contributed by atoms with Crippen molar-refractivity contribution in [2.24, 2.45) is 0 Å². The van der Waals surface area contributed by atoms with Crippen LogP contribution in [0.15, 0.2) is 28.7 Å². The minimum absolute atomic E-state index is 0. The molecule has 1 aliphatic rings. The number of morpholine rings is 1. The summed E-state index contributed by atoms with van der Waals surface area (Å²) in [5, 5.41) is 0. The van der Waals surface area contributed by atoms with Gasteiger partial charge >= 0.3 is 0 Å². The van der Waals surface area contributed by atoms with Gasteiger partial charge in [-0.3, -0.25) is 0 Å². The van der Waals surface area contributed by atoms with E-state index < -0.39 is 0 Å². The van der Waals surface area contributed by atoms with E-state index in [0.717, 1.165) is 37.3 Å². The van der Waals surface area contributed by atoms with Gasteiger partial charge in [-0.05, 0) is 6.07 Å². The molecule has 1 aromatic carbocycles. The molecule has 1 saturated heterocycles. The summed E-state index contributed by atoms with van der Waals surface area (Å²) in [7, 11) is 2.31. The fraction of sp³-hybridized carbons (Fsp3) is 0.500. The van der Waals surface area contributed by atoms with Crippen molar-refractivity contribution in [1.29, 1.82) is 0 Å². The second kappa shape index (κ2) is 6.15. The molecule has 0 spiro atoms. The minimum atomic E-state index is 0. The number of hydrogen-bond acceptors (Lipinski definition) is 1. The van der Waals surface area contributed by atoms with Crippen LogP contribution in [0, 0.1) is 0 Å². The van der Waals surface area contributed by atoms with E-state index in [0.29, 0.717) is 0 Å². The molecule has 16 heavy (non-hydrogen) atoms. The molecule has 0 amide bonds. The summed E-state index contributed by atoms with van der Waals surface area (Å²) < 4.78 is 7.71. The van der Waals surface area contributed by atoms with Crippen molar-refractivity contribution in [1.82, 2.24) is 0 Å². The van der Waals surface area contributed by atoms with E-state index in [1.165, 1.54) is 10.0 Å². The number of rotatable bonds is 2. The monoisotopic (exact) mass is 349 g/mol. The first kappa shape index (κ1) is 14.2. The first-order valence-corrected chi connectivity index (χ1v) is 6.14. The molecule has 1 aliphatic heterocycles. The topological polar surface area (TPSA) is 9.23 Å². The summed E-state index contributed by atoms with van der Waals surface area (Å²) in [5.41, 5.74) is 1.39. The molecule has 2 nitrogen and oxygen atoms in total. The number of benzene rings is 1. The molecule has 0 bridgehead atoms. The van der Waals surface area contributed by atoms with Gasteiger partial charge in [-0.15, -0.1) is 0 Å². The van der Waals surface area contributed by atoms with Crippen molar-refractivity contribution in [2.45, 2.75) is 6.54 Å². The molecule has 0 saturated carbocycles. The molecule has 0 radical (unpaired) electrons. The zero-order valence-electron chi connectivity index (χ0n) is 9.46. The fourth-order valence-electron chi connectivity index (χ4n) is 1.98. The van der Waals surface area contributed by atoms with Gasteiger partial charge in [0.25, 0.3) is 0 Å². The molecule has 1 fully saturated rings. The second-order valence-corrected chi connectivity index (χ2v) is 5.28. The first-order chi connectivity index (χ1) is 7.20. The van der Waals surface area contributed by atoms with Crippen LogP contribution in [0.3, 0.4) is 0 Å². The van der Waals surface area contributed by atoms with E-state index in [1.807, 2.05) is 0 Å². The lowest BCUT2D eigenvalue weighted by Gasteiger charge is -2.37. The highest BCUT2D eigenvalue weighted by molar-refractivity contribution is 9.10. The molecule has 1 aromatic rings. The standard InChI is InChI=1S/C12H17BrNO.BrH/c1-14(6-8-15-9-7-14)10-11-4-2-3-5-12(11)13;/h2-5H,6-10H2,1H3;1H/q+1;/p-1. The number of ether oxygens (including phenoxy) is 1. The molecule has 0 aromatic heterocycles. The first-order valence-electron chi connectivity index (χ1n) is 5.34. The van der Waals surface area contributed by atoms with Gasteiger partial charge in [-0.25, -0.2) is 0 Å². The average Bonchev–Trinajstić information content (AvgIpc) is 2.22. The molecule has 0 aliphatic carbocycles. The Balaban J connectivity index is 0.00000128. The van der Waals surface area contributed by atoms with Crippen molar-refractivity contribution >= 4 is 15.9 Å². The third-order valence-electron chi connectivity index (χ3n) is 3.06. The number of halogens is 2. The van der Waals surface area contributed by atoms with E-state index >= 15 is 0 Å². The van der Waals surface area contributed by atoms with E-state index in [-0.39, 0.29) is 17.0 Å². The Kier molecular flexibility index (Phi) is 5.44. The van der Waals surface area contributed by atoms with Gasteiger partial charge in [-0.2, -0.15) is 0 Å². The Hall–Kier alpha value is 0.1000. The normalized spacial score (nSPS) is 18.9. The van der Waals surface area contributed by atoms with E-state index in [1.54, 1.807) is 0 Å². The van der Waals surface area contributed by atoms with E-state index in [2.05, 4.69) is 47.2 Å². The molecule has 4 heteroatoms. The lowest BCUT2D eigenvalue weighted by molar-refractivity contribution is -0.929. The fourth-order valence-corrected chi connectivity index (χ4v) is 2.39. The zero-order chi connectivity index (χ0) is 10.7. The smallest absolute Gasteiger partial charge is 0.105 e. The Morgan fingerprint density at radius 1 is 1.25 bits per heavy atom. The summed E-state index contributed by atoms with van der Waals surface area (Å²) in [6.07, 6.45) is 0. The number of nitrogens with zero attached hydrogens (tertiary/aromatic N) is 1. The molecule has 0 unspecified atom stereocenters. The predicted octanol–water partition coefficient (Wildman–Crippen LogP) is -0.570. The Labute approximate surface area is 116 Å². The summed E-state index contributed by atoms with van der Waals surface area (Å²) in [4.78, 5) is 0. The molecule has 0 N–H and O–H groups in total. The van der Waals surface area contributed by atoms with Crippen molar-refractivity contribution in [3.05, 3.63) is 34.3 Å². The zero-order valence-corrected chi connectivity index (χ0v) is 12.6. The van der Waals surface area contributed by atoms with Gasteiger partial charge in [0.1, 0.15) is 19.6 Å². The maximum atomic E-state index is 5.41. The number of quaternary nitrogens is 1. The maximum Gasteiger partial charge on any atom is 0.105 e. The van der Waals surface area contributed by atoms with E-state index in [4.69, 9.17) is 4.74 Å². The van der Waals surface area contributed by atoms with Crippen molar-refractivity contribution in [2.75, 3.05) is 33.4 Å². The van der Waals surface area contributed by atoms with Crippen LogP contribution in [0.4, 0.5) is 0 Å². The van der Waals surface area contributed by atoms with Crippen LogP contribution in [0.5, 0.6) is 0 Å². The lowest BCUT2D eigenvalue weighted by atomic mass is 10.2. The molecule has 90 valence electrons. The predicted molar refractivity (Wildman–Crippen MR) is 64.6 cm³/mol. The van der Waals surface area contributed by atoms with Gasteiger partial charge < -0.3 is 26.2 Å². The molecular formula is C12H17Br2NO. The Bertz CT molecular complexity index is 338. The largest absolute Gasteiger partial charge is 1.00 e.